The summed E-state index contributed by atoms with van der Waals surface area (Å²) in [4.78, 5) is 9.22. The number of guanidine groups is 1. The van der Waals surface area contributed by atoms with Gasteiger partial charge in [-0.2, -0.15) is 0 Å². The minimum atomic E-state index is 0. The van der Waals surface area contributed by atoms with Crippen molar-refractivity contribution in [3.8, 4) is 0 Å². The Bertz CT molecular complexity index is 562. The zero-order valence-electron chi connectivity index (χ0n) is 17.3. The Hall–Kier alpha value is -1.08. The quantitative estimate of drug-likeness (QED) is 0.196. The SMILES string of the molecule is C=CCCCN(C)C(=NC)NCC1CCN(Cc2ccc(C)cc2)CC1.I. The van der Waals surface area contributed by atoms with E-state index in [0.717, 1.165) is 44.4 Å². The first kappa shape index (κ1) is 24.0. The predicted molar refractivity (Wildman–Crippen MR) is 128 cm³/mol. The molecule has 5 heteroatoms. The maximum Gasteiger partial charge on any atom is 0.193 e. The van der Waals surface area contributed by atoms with Crippen LogP contribution in [0.15, 0.2) is 41.9 Å². The van der Waals surface area contributed by atoms with Gasteiger partial charge in [0.05, 0.1) is 0 Å². The number of halogens is 1. The lowest BCUT2D eigenvalue weighted by Crippen LogP contribution is -2.43. The fourth-order valence-corrected chi connectivity index (χ4v) is 3.50. The normalized spacial score (nSPS) is 15.9. The van der Waals surface area contributed by atoms with E-state index in [1.54, 1.807) is 0 Å². The molecule has 0 aliphatic carbocycles. The predicted octanol–water partition coefficient (Wildman–Crippen LogP) is 4.30. The van der Waals surface area contributed by atoms with Crippen LogP contribution < -0.4 is 5.32 Å². The highest BCUT2D eigenvalue weighted by atomic mass is 127. The van der Waals surface area contributed by atoms with Gasteiger partial charge in [0.1, 0.15) is 0 Å². The average molecular weight is 484 g/mol. The van der Waals surface area contributed by atoms with Crippen molar-refractivity contribution >= 4 is 29.9 Å². The molecule has 4 nitrogen and oxygen atoms in total. The number of hydrogen-bond acceptors (Lipinski definition) is 2. The number of piperidine rings is 1. The maximum absolute atomic E-state index is 4.42. The molecule has 0 bridgehead atoms. The maximum atomic E-state index is 4.42. The van der Waals surface area contributed by atoms with Gasteiger partial charge in [-0.3, -0.25) is 9.89 Å². The zero-order valence-corrected chi connectivity index (χ0v) is 19.6. The van der Waals surface area contributed by atoms with E-state index in [9.17, 15) is 0 Å². The molecule has 1 fully saturated rings. The summed E-state index contributed by atoms with van der Waals surface area (Å²) < 4.78 is 0. The molecular weight excluding hydrogens is 447 g/mol. The molecule has 1 saturated heterocycles. The van der Waals surface area contributed by atoms with Crippen LogP contribution in [-0.2, 0) is 6.54 Å². The second-order valence-electron chi connectivity index (χ2n) is 7.49. The third-order valence-corrected chi connectivity index (χ3v) is 5.26. The van der Waals surface area contributed by atoms with Gasteiger partial charge in [-0.1, -0.05) is 35.9 Å². The number of aryl methyl sites for hydroxylation is 1. The highest BCUT2D eigenvalue weighted by Crippen LogP contribution is 2.18. The smallest absolute Gasteiger partial charge is 0.193 e. The molecule has 2 rings (SSSR count). The molecule has 1 aromatic rings. The second-order valence-corrected chi connectivity index (χ2v) is 7.49. The molecule has 0 saturated carbocycles. The van der Waals surface area contributed by atoms with Gasteiger partial charge in [-0.05, 0) is 57.2 Å². The molecule has 0 amide bonds. The van der Waals surface area contributed by atoms with Crippen LogP contribution in [0.1, 0.15) is 36.8 Å². The van der Waals surface area contributed by atoms with E-state index in [4.69, 9.17) is 0 Å². The van der Waals surface area contributed by atoms with Gasteiger partial charge in [0.25, 0.3) is 0 Å². The summed E-state index contributed by atoms with van der Waals surface area (Å²) in [7, 11) is 3.99. The highest BCUT2D eigenvalue weighted by molar-refractivity contribution is 14.0. The van der Waals surface area contributed by atoms with Gasteiger partial charge in [0.15, 0.2) is 5.96 Å². The molecule has 1 heterocycles. The average Bonchev–Trinajstić information content (AvgIpc) is 2.65. The molecule has 0 atom stereocenters. The fraction of sp³-hybridized carbons (Fsp3) is 0.591. The monoisotopic (exact) mass is 484 g/mol. The summed E-state index contributed by atoms with van der Waals surface area (Å²) in [5.41, 5.74) is 2.76. The van der Waals surface area contributed by atoms with Crippen molar-refractivity contribution in [2.24, 2.45) is 10.9 Å². The topological polar surface area (TPSA) is 30.9 Å². The Morgan fingerprint density at radius 3 is 2.56 bits per heavy atom. The van der Waals surface area contributed by atoms with Crippen LogP contribution in [0.3, 0.4) is 0 Å². The minimum Gasteiger partial charge on any atom is -0.356 e. The first-order chi connectivity index (χ1) is 12.6. The van der Waals surface area contributed by atoms with Crippen LogP contribution in [0.5, 0.6) is 0 Å². The molecule has 0 radical (unpaired) electrons. The second kappa shape index (κ2) is 13.2. The van der Waals surface area contributed by atoms with Crippen LogP contribution in [0.4, 0.5) is 0 Å². The lowest BCUT2D eigenvalue weighted by molar-refractivity contribution is 0.177. The largest absolute Gasteiger partial charge is 0.356 e. The molecule has 152 valence electrons. The van der Waals surface area contributed by atoms with Crippen molar-refractivity contribution in [2.75, 3.05) is 40.3 Å². The Kier molecular flexibility index (Phi) is 11.7. The number of nitrogens with one attached hydrogen (secondary N) is 1. The van der Waals surface area contributed by atoms with E-state index in [2.05, 4.69) is 64.9 Å². The number of likely N-dealkylation sites (tertiary alicyclic amines) is 1. The molecule has 1 aliphatic heterocycles. The lowest BCUT2D eigenvalue weighted by Gasteiger charge is -2.33. The Balaban J connectivity index is 0.00000364. The van der Waals surface area contributed by atoms with Crippen molar-refractivity contribution in [3.63, 3.8) is 0 Å². The molecular formula is C22H37IN4. The number of hydrogen-bond donors (Lipinski definition) is 1. The number of unbranched alkanes of at least 4 members (excludes halogenated alkanes) is 1. The minimum absolute atomic E-state index is 0. The fourth-order valence-electron chi connectivity index (χ4n) is 3.50. The van der Waals surface area contributed by atoms with Crippen LogP contribution in [0.2, 0.25) is 0 Å². The van der Waals surface area contributed by atoms with Crippen molar-refractivity contribution in [2.45, 2.75) is 39.2 Å². The Morgan fingerprint density at radius 1 is 1.30 bits per heavy atom. The van der Waals surface area contributed by atoms with E-state index >= 15 is 0 Å². The van der Waals surface area contributed by atoms with E-state index in [0.29, 0.717) is 0 Å². The number of nitrogens with zero attached hydrogens (tertiary/aromatic N) is 3. The number of allylic oxidation sites excluding steroid dienone is 1. The summed E-state index contributed by atoms with van der Waals surface area (Å²) in [6.07, 6.45) is 6.68. The van der Waals surface area contributed by atoms with E-state index in [1.165, 1.54) is 37.1 Å². The third-order valence-electron chi connectivity index (χ3n) is 5.26. The molecule has 1 aliphatic rings. The summed E-state index contributed by atoms with van der Waals surface area (Å²) >= 11 is 0. The van der Waals surface area contributed by atoms with E-state index < -0.39 is 0 Å². The van der Waals surface area contributed by atoms with E-state index in [-0.39, 0.29) is 24.0 Å². The van der Waals surface area contributed by atoms with Crippen LogP contribution >= 0.6 is 24.0 Å². The third kappa shape index (κ3) is 8.64. The molecule has 0 unspecified atom stereocenters. The highest BCUT2D eigenvalue weighted by Gasteiger charge is 2.19. The molecule has 0 spiro atoms. The summed E-state index contributed by atoms with van der Waals surface area (Å²) in [6, 6.07) is 8.94. The summed E-state index contributed by atoms with van der Waals surface area (Å²) in [6.45, 7) is 11.4. The van der Waals surface area contributed by atoms with Gasteiger partial charge in [-0.15, -0.1) is 30.6 Å². The Morgan fingerprint density at radius 2 is 1.96 bits per heavy atom. The van der Waals surface area contributed by atoms with Gasteiger partial charge in [-0.25, -0.2) is 0 Å². The standard InChI is InChI=1S/C22H36N4.HI/c1-5-6-7-14-25(4)22(23-3)24-17-20-12-15-26(16-13-20)18-21-10-8-19(2)9-11-21;/h5,8-11,20H,1,6-7,12-18H2,2-4H3,(H,23,24);1H. The van der Waals surface area contributed by atoms with Crippen molar-refractivity contribution in [1.29, 1.82) is 0 Å². The van der Waals surface area contributed by atoms with Crippen molar-refractivity contribution < 1.29 is 0 Å². The van der Waals surface area contributed by atoms with Crippen LogP contribution in [0.25, 0.3) is 0 Å². The number of rotatable bonds is 8. The molecule has 0 aromatic heterocycles. The van der Waals surface area contributed by atoms with Crippen molar-refractivity contribution in [3.05, 3.63) is 48.0 Å². The van der Waals surface area contributed by atoms with E-state index in [1.807, 2.05) is 13.1 Å². The van der Waals surface area contributed by atoms with Crippen LogP contribution in [0, 0.1) is 12.8 Å². The Labute approximate surface area is 183 Å². The molecule has 27 heavy (non-hydrogen) atoms. The first-order valence-corrected chi connectivity index (χ1v) is 9.93. The van der Waals surface area contributed by atoms with Gasteiger partial charge in [0.2, 0.25) is 0 Å². The molecule has 1 aromatic carbocycles. The summed E-state index contributed by atoms with van der Waals surface area (Å²) in [5.74, 6) is 1.75. The van der Waals surface area contributed by atoms with Gasteiger partial charge < -0.3 is 10.2 Å². The number of aliphatic imine (C=N–C) groups is 1. The lowest BCUT2D eigenvalue weighted by atomic mass is 9.96. The first-order valence-electron chi connectivity index (χ1n) is 9.93. The zero-order chi connectivity index (χ0) is 18.8. The number of benzene rings is 1. The summed E-state index contributed by atoms with van der Waals surface area (Å²) in [5, 5.41) is 3.57. The van der Waals surface area contributed by atoms with Crippen molar-refractivity contribution in [1.82, 2.24) is 15.1 Å². The van der Waals surface area contributed by atoms with Gasteiger partial charge in [0, 0.05) is 33.7 Å². The van der Waals surface area contributed by atoms with Gasteiger partial charge >= 0.3 is 0 Å². The molecule has 1 N–H and O–H groups in total. The van der Waals surface area contributed by atoms with Crippen LogP contribution in [-0.4, -0.2) is 56.0 Å².